The molecule has 0 saturated carbocycles. The zero-order valence-electron chi connectivity index (χ0n) is 25.7. The number of aliphatic carboxylic acids is 1. The highest BCUT2D eigenvalue weighted by molar-refractivity contribution is 7.98. The lowest BCUT2D eigenvalue weighted by Crippen LogP contribution is -2.47. The van der Waals surface area contributed by atoms with Crippen LogP contribution in [0.5, 0.6) is 0 Å². The summed E-state index contributed by atoms with van der Waals surface area (Å²) in [5.41, 5.74) is 0.795. The summed E-state index contributed by atoms with van der Waals surface area (Å²) in [5, 5.41) is 39.4. The zero-order valence-corrected chi connectivity index (χ0v) is 26.5. The molecular formula is C32H39N5O8S. The van der Waals surface area contributed by atoms with Crippen molar-refractivity contribution in [3.63, 3.8) is 0 Å². The summed E-state index contributed by atoms with van der Waals surface area (Å²) in [4.78, 5) is 60.0. The number of nitrogens with one attached hydrogen (secondary N) is 2. The normalized spacial score (nSPS) is 11.7. The van der Waals surface area contributed by atoms with E-state index in [1.54, 1.807) is 0 Å². The Morgan fingerprint density at radius 1 is 0.935 bits per heavy atom. The number of rotatable bonds is 20. The van der Waals surface area contributed by atoms with Crippen LogP contribution in [-0.4, -0.2) is 75.3 Å². The molecular weight excluding hydrogens is 614 g/mol. The van der Waals surface area contributed by atoms with Crippen molar-refractivity contribution in [2.24, 2.45) is 0 Å². The standard InChI is InChI=1S/C32H39N5O8S/c1-46-19-16-28(32(40)41)34-31(39)22-35(21-25-11-7-10-23-8-5-6-12-27(23)25)18-17-33-30(38)13-4-2-3-9-24-14-15-26(36(42)43)20-29(24)37(44)45/h5-8,10-12,14-15,20,28H,2-4,9,13,16-19,21-22H2,1H3,(H,33,38)(H,34,39)(H,40,41)/t28-/m0/s1. The fraction of sp³-hybridized carbons (Fsp3) is 0.406. The van der Waals surface area contributed by atoms with Crippen LogP contribution in [0.1, 0.15) is 43.2 Å². The third kappa shape index (κ3) is 11.4. The molecule has 0 heterocycles. The van der Waals surface area contributed by atoms with Gasteiger partial charge in [-0.05, 0) is 60.1 Å². The molecule has 46 heavy (non-hydrogen) atoms. The first-order valence-corrected chi connectivity index (χ1v) is 16.4. The molecule has 2 amide bonds. The van der Waals surface area contributed by atoms with Gasteiger partial charge >= 0.3 is 5.97 Å². The highest BCUT2D eigenvalue weighted by atomic mass is 32.2. The Kier molecular flexibility index (Phi) is 14.4. The minimum Gasteiger partial charge on any atom is -0.480 e. The molecule has 14 heteroatoms. The van der Waals surface area contributed by atoms with Gasteiger partial charge in [0.05, 0.1) is 22.5 Å². The minimum absolute atomic E-state index is 0.0447. The number of nitro benzene ring substituents is 2. The number of carboxylic acid groups (broad SMARTS) is 1. The van der Waals surface area contributed by atoms with E-state index in [1.807, 2.05) is 53.6 Å². The van der Waals surface area contributed by atoms with Crippen molar-refractivity contribution in [2.45, 2.75) is 51.1 Å². The summed E-state index contributed by atoms with van der Waals surface area (Å²) in [6.45, 7) is 1.01. The predicted octanol–water partition coefficient (Wildman–Crippen LogP) is 4.70. The minimum atomic E-state index is -1.08. The fourth-order valence-electron chi connectivity index (χ4n) is 5.09. The average Bonchev–Trinajstić information content (AvgIpc) is 3.02. The molecule has 3 N–H and O–H groups in total. The van der Waals surface area contributed by atoms with E-state index in [9.17, 15) is 39.7 Å². The lowest BCUT2D eigenvalue weighted by molar-refractivity contribution is -0.394. The topological polar surface area (TPSA) is 185 Å². The highest BCUT2D eigenvalue weighted by Gasteiger charge is 2.22. The largest absolute Gasteiger partial charge is 0.480 e. The van der Waals surface area contributed by atoms with Crippen molar-refractivity contribution in [2.75, 3.05) is 31.6 Å². The molecule has 0 spiro atoms. The Hall–Kier alpha value is -4.56. The van der Waals surface area contributed by atoms with E-state index in [2.05, 4.69) is 10.6 Å². The van der Waals surface area contributed by atoms with Gasteiger partial charge in [0.1, 0.15) is 6.04 Å². The number of amides is 2. The van der Waals surface area contributed by atoms with E-state index in [-0.39, 0.29) is 36.8 Å². The molecule has 0 unspecified atom stereocenters. The predicted molar refractivity (Wildman–Crippen MR) is 177 cm³/mol. The van der Waals surface area contributed by atoms with Crippen LogP contribution in [0, 0.1) is 20.2 Å². The van der Waals surface area contributed by atoms with Crippen molar-refractivity contribution in [3.8, 4) is 0 Å². The van der Waals surface area contributed by atoms with E-state index in [0.717, 1.165) is 22.4 Å². The number of non-ortho nitro benzene ring substituents is 1. The van der Waals surface area contributed by atoms with Crippen molar-refractivity contribution in [3.05, 3.63) is 92.0 Å². The lowest BCUT2D eigenvalue weighted by atomic mass is 10.0. The summed E-state index contributed by atoms with van der Waals surface area (Å²) in [6, 6.07) is 16.5. The number of aryl methyl sites for hydroxylation is 1. The molecule has 13 nitrogen and oxygen atoms in total. The zero-order chi connectivity index (χ0) is 33.5. The second-order valence-corrected chi connectivity index (χ2v) is 11.8. The van der Waals surface area contributed by atoms with E-state index < -0.39 is 27.8 Å². The first-order chi connectivity index (χ1) is 22.1. The summed E-state index contributed by atoms with van der Waals surface area (Å²) >= 11 is 1.50. The molecule has 246 valence electrons. The second kappa shape index (κ2) is 18.4. The monoisotopic (exact) mass is 653 g/mol. The van der Waals surface area contributed by atoms with Crippen LogP contribution >= 0.6 is 11.8 Å². The van der Waals surface area contributed by atoms with E-state index in [1.165, 1.54) is 23.9 Å². The van der Waals surface area contributed by atoms with Crippen molar-refractivity contribution < 1.29 is 29.3 Å². The number of benzene rings is 3. The van der Waals surface area contributed by atoms with Crippen LogP contribution in [0.15, 0.2) is 60.7 Å². The van der Waals surface area contributed by atoms with Crippen LogP contribution in [0.3, 0.4) is 0 Å². The Labute approximate surface area is 271 Å². The molecule has 0 aliphatic carbocycles. The molecule has 3 rings (SSSR count). The summed E-state index contributed by atoms with van der Waals surface area (Å²) in [7, 11) is 0. The highest BCUT2D eigenvalue weighted by Crippen LogP contribution is 2.26. The Balaban J connectivity index is 1.52. The van der Waals surface area contributed by atoms with E-state index >= 15 is 0 Å². The van der Waals surface area contributed by atoms with Gasteiger partial charge in [-0.2, -0.15) is 11.8 Å². The third-order valence-corrected chi connectivity index (χ3v) is 8.11. The maximum absolute atomic E-state index is 12.9. The van der Waals surface area contributed by atoms with Crippen LogP contribution < -0.4 is 10.6 Å². The van der Waals surface area contributed by atoms with Crippen molar-refractivity contribution >= 4 is 51.7 Å². The maximum atomic E-state index is 12.9. The molecule has 0 saturated heterocycles. The molecule has 0 aliphatic heterocycles. The van der Waals surface area contributed by atoms with Gasteiger partial charge < -0.3 is 15.7 Å². The van der Waals surface area contributed by atoms with Gasteiger partial charge in [-0.3, -0.25) is 34.7 Å². The Morgan fingerprint density at radius 3 is 2.41 bits per heavy atom. The molecule has 1 atom stereocenters. The van der Waals surface area contributed by atoms with Crippen LogP contribution in [0.4, 0.5) is 11.4 Å². The molecule has 0 radical (unpaired) electrons. The van der Waals surface area contributed by atoms with Gasteiger partial charge in [0.15, 0.2) is 0 Å². The number of carboxylic acids is 1. The average molecular weight is 654 g/mol. The van der Waals surface area contributed by atoms with Crippen molar-refractivity contribution in [1.82, 2.24) is 15.5 Å². The lowest BCUT2D eigenvalue weighted by Gasteiger charge is -2.24. The summed E-state index contributed by atoms with van der Waals surface area (Å²) in [6.07, 6.45) is 4.57. The van der Waals surface area contributed by atoms with Gasteiger partial charge in [-0.15, -0.1) is 0 Å². The third-order valence-electron chi connectivity index (χ3n) is 7.46. The van der Waals surface area contributed by atoms with Gasteiger partial charge in [-0.25, -0.2) is 4.79 Å². The van der Waals surface area contributed by atoms with Gasteiger partial charge in [0.2, 0.25) is 11.8 Å². The Morgan fingerprint density at radius 2 is 1.70 bits per heavy atom. The van der Waals surface area contributed by atoms with E-state index in [4.69, 9.17) is 0 Å². The van der Waals surface area contributed by atoms with Gasteiger partial charge in [0.25, 0.3) is 11.4 Å². The molecule has 3 aromatic carbocycles. The van der Waals surface area contributed by atoms with Crippen LogP contribution in [-0.2, 0) is 27.3 Å². The second-order valence-electron chi connectivity index (χ2n) is 10.8. The summed E-state index contributed by atoms with van der Waals surface area (Å²) in [5.74, 6) is -1.06. The SMILES string of the molecule is CSCC[C@H](NC(=O)CN(CCNC(=O)CCCCCc1ccc([N+](=O)[O-])cc1[N+](=O)[O-])Cc1cccc2ccccc12)C(=O)O. The number of carbonyl (C=O) groups is 3. The number of hydrogen-bond donors (Lipinski definition) is 3. The number of carbonyl (C=O) groups excluding carboxylic acids is 2. The Bertz CT molecular complexity index is 1530. The summed E-state index contributed by atoms with van der Waals surface area (Å²) < 4.78 is 0. The van der Waals surface area contributed by atoms with Crippen LogP contribution in [0.25, 0.3) is 10.8 Å². The molecule has 0 aliphatic rings. The number of fused-ring (bicyclic) bond motifs is 1. The molecule has 3 aromatic rings. The smallest absolute Gasteiger partial charge is 0.326 e. The molecule has 0 fully saturated rings. The molecule has 0 aromatic heterocycles. The van der Waals surface area contributed by atoms with Crippen LogP contribution in [0.2, 0.25) is 0 Å². The van der Waals surface area contributed by atoms with Crippen molar-refractivity contribution in [1.29, 1.82) is 0 Å². The number of hydrogen-bond acceptors (Lipinski definition) is 9. The first-order valence-electron chi connectivity index (χ1n) is 15.0. The number of nitro groups is 2. The molecule has 0 bridgehead atoms. The number of thioether (sulfide) groups is 1. The number of unbranched alkanes of at least 4 members (excludes halogenated alkanes) is 2. The fourth-order valence-corrected chi connectivity index (χ4v) is 5.56. The number of nitrogens with zero attached hydrogens (tertiary/aromatic N) is 3. The van der Waals surface area contributed by atoms with E-state index in [0.29, 0.717) is 56.5 Å². The van der Waals surface area contributed by atoms with Gasteiger partial charge in [0, 0.05) is 37.7 Å². The van der Waals surface area contributed by atoms with Gasteiger partial charge in [-0.1, -0.05) is 48.9 Å². The quantitative estimate of drug-likeness (QED) is 0.0877. The first kappa shape index (κ1) is 35.9. The maximum Gasteiger partial charge on any atom is 0.326 e.